The Morgan fingerprint density at radius 3 is 2.52 bits per heavy atom. The fourth-order valence-corrected chi connectivity index (χ4v) is 5.78. The van der Waals surface area contributed by atoms with Crippen LogP contribution in [0.3, 0.4) is 0 Å². The zero-order valence-electron chi connectivity index (χ0n) is 24.7. The molecule has 0 saturated carbocycles. The van der Waals surface area contributed by atoms with Gasteiger partial charge < -0.3 is 18.9 Å². The van der Waals surface area contributed by atoms with Gasteiger partial charge in [-0.05, 0) is 102 Å². The Balaban J connectivity index is 0.00000181. The standard InChI is InChI=1S/C32H36O5S.C2H6/c1-20-6-7-22(32-21(2)14-29(27-10-11-28(27)32)35-12-5-13-38-4)15-23(20)18-36-25-8-9-26-24(16-31(33)34-3)19-37-30(26)17-25;1-2/h6-9,14-15,17,24H,5,10-13,16,18-19H2,1-4H3;1-2H3. The highest BCUT2D eigenvalue weighted by molar-refractivity contribution is 7.98. The Morgan fingerprint density at radius 1 is 1.00 bits per heavy atom. The molecule has 0 amide bonds. The fourth-order valence-electron chi connectivity index (χ4n) is 5.38. The zero-order valence-corrected chi connectivity index (χ0v) is 25.5. The summed E-state index contributed by atoms with van der Waals surface area (Å²) in [5.74, 6) is 3.54. The van der Waals surface area contributed by atoms with Crippen molar-refractivity contribution in [1.82, 2.24) is 0 Å². The van der Waals surface area contributed by atoms with E-state index in [1.165, 1.54) is 40.5 Å². The minimum absolute atomic E-state index is 0.0263. The van der Waals surface area contributed by atoms with Crippen LogP contribution in [-0.2, 0) is 29.0 Å². The molecule has 214 valence electrons. The number of fused-ring (bicyclic) bond motifs is 2. The fraction of sp³-hybridized carbons (Fsp3) is 0.441. The van der Waals surface area contributed by atoms with Gasteiger partial charge in [0.05, 0.1) is 26.7 Å². The average Bonchev–Trinajstić information content (AvgIpc) is 3.34. The van der Waals surface area contributed by atoms with Crippen LogP contribution in [0.5, 0.6) is 17.2 Å². The van der Waals surface area contributed by atoms with Crippen LogP contribution in [-0.4, -0.2) is 38.3 Å². The van der Waals surface area contributed by atoms with Crippen molar-refractivity contribution < 1.29 is 23.7 Å². The highest BCUT2D eigenvalue weighted by atomic mass is 32.2. The van der Waals surface area contributed by atoms with Crippen molar-refractivity contribution in [2.75, 3.05) is 32.3 Å². The molecule has 5 rings (SSSR count). The summed E-state index contributed by atoms with van der Waals surface area (Å²) in [5.41, 5.74) is 10.0. The summed E-state index contributed by atoms with van der Waals surface area (Å²) >= 11 is 1.86. The number of carbonyl (C=O) groups is 1. The molecule has 0 fully saturated rings. The Kier molecular flexibility index (Phi) is 10.4. The molecule has 0 aromatic heterocycles. The summed E-state index contributed by atoms with van der Waals surface area (Å²) in [6, 6.07) is 14.8. The molecule has 1 aliphatic carbocycles. The summed E-state index contributed by atoms with van der Waals surface area (Å²) in [6.45, 7) is 10.1. The maximum absolute atomic E-state index is 11.7. The molecule has 0 saturated heterocycles. The van der Waals surface area contributed by atoms with Gasteiger partial charge in [-0.15, -0.1) is 0 Å². The third-order valence-electron chi connectivity index (χ3n) is 7.62. The molecule has 0 bridgehead atoms. The first kappa shape index (κ1) is 29.9. The van der Waals surface area contributed by atoms with E-state index in [0.29, 0.717) is 19.6 Å². The van der Waals surface area contributed by atoms with Gasteiger partial charge in [0.2, 0.25) is 0 Å². The quantitative estimate of drug-likeness (QED) is 0.175. The number of aryl methyl sites for hydroxylation is 2. The van der Waals surface area contributed by atoms with Crippen LogP contribution in [0.15, 0.2) is 42.5 Å². The minimum Gasteiger partial charge on any atom is -0.493 e. The first-order valence-electron chi connectivity index (χ1n) is 14.3. The van der Waals surface area contributed by atoms with Gasteiger partial charge in [-0.2, -0.15) is 11.8 Å². The monoisotopic (exact) mass is 562 g/mol. The van der Waals surface area contributed by atoms with E-state index in [-0.39, 0.29) is 11.9 Å². The summed E-state index contributed by atoms with van der Waals surface area (Å²) in [4.78, 5) is 11.7. The second-order valence-electron chi connectivity index (χ2n) is 10.1. The van der Waals surface area contributed by atoms with E-state index in [0.717, 1.165) is 60.0 Å². The van der Waals surface area contributed by atoms with Crippen molar-refractivity contribution in [1.29, 1.82) is 0 Å². The Hall–Kier alpha value is -3.12. The predicted molar refractivity (Wildman–Crippen MR) is 164 cm³/mol. The average molecular weight is 563 g/mol. The maximum atomic E-state index is 11.7. The van der Waals surface area contributed by atoms with Gasteiger partial charge in [-0.25, -0.2) is 0 Å². The summed E-state index contributed by atoms with van der Waals surface area (Å²) in [5, 5.41) is 0. The van der Waals surface area contributed by atoms with E-state index >= 15 is 0 Å². The van der Waals surface area contributed by atoms with E-state index in [4.69, 9.17) is 18.9 Å². The van der Waals surface area contributed by atoms with Crippen molar-refractivity contribution in [2.24, 2.45) is 0 Å². The van der Waals surface area contributed by atoms with Gasteiger partial charge in [0.1, 0.15) is 23.9 Å². The smallest absolute Gasteiger partial charge is 0.306 e. The maximum Gasteiger partial charge on any atom is 0.306 e. The molecule has 1 unspecified atom stereocenters. The number of carbonyl (C=O) groups excluding carboxylic acids is 1. The van der Waals surface area contributed by atoms with E-state index in [1.807, 2.05) is 43.8 Å². The van der Waals surface area contributed by atoms with Gasteiger partial charge in [0.25, 0.3) is 0 Å². The summed E-state index contributed by atoms with van der Waals surface area (Å²) in [7, 11) is 1.42. The third-order valence-corrected chi connectivity index (χ3v) is 8.32. The van der Waals surface area contributed by atoms with E-state index < -0.39 is 0 Å². The van der Waals surface area contributed by atoms with Crippen LogP contribution < -0.4 is 14.2 Å². The lowest BCUT2D eigenvalue weighted by atomic mass is 9.79. The number of hydrogen-bond acceptors (Lipinski definition) is 6. The Labute approximate surface area is 243 Å². The second kappa shape index (κ2) is 14.0. The van der Waals surface area contributed by atoms with Gasteiger partial charge in [0, 0.05) is 17.5 Å². The molecule has 2 aliphatic rings. The molecule has 40 heavy (non-hydrogen) atoms. The van der Waals surface area contributed by atoms with Crippen LogP contribution in [0.1, 0.15) is 66.0 Å². The lowest BCUT2D eigenvalue weighted by Crippen LogP contribution is -2.15. The van der Waals surface area contributed by atoms with E-state index in [1.54, 1.807) is 0 Å². The molecule has 0 radical (unpaired) electrons. The Bertz CT molecular complexity index is 1330. The number of benzene rings is 3. The first-order valence-corrected chi connectivity index (χ1v) is 15.7. The lowest BCUT2D eigenvalue weighted by Gasteiger charge is -2.28. The van der Waals surface area contributed by atoms with Crippen molar-refractivity contribution >= 4 is 17.7 Å². The van der Waals surface area contributed by atoms with Crippen LogP contribution in [0.25, 0.3) is 11.1 Å². The molecule has 1 heterocycles. The number of hydrogen-bond donors (Lipinski definition) is 0. The molecule has 1 aliphatic heterocycles. The topological polar surface area (TPSA) is 54.0 Å². The summed E-state index contributed by atoms with van der Waals surface area (Å²) in [6.07, 6.45) is 5.71. The van der Waals surface area contributed by atoms with Gasteiger partial charge in [-0.3, -0.25) is 4.79 Å². The molecular weight excluding hydrogens is 520 g/mol. The van der Waals surface area contributed by atoms with Gasteiger partial charge >= 0.3 is 5.97 Å². The molecule has 0 N–H and O–H groups in total. The molecular formula is C34H42O5S. The van der Waals surface area contributed by atoms with E-state index in [9.17, 15) is 4.79 Å². The second-order valence-corrected chi connectivity index (χ2v) is 11.1. The molecule has 1 atom stereocenters. The molecule has 3 aromatic rings. The number of methoxy groups -OCH3 is 1. The van der Waals surface area contributed by atoms with Crippen LogP contribution >= 0.6 is 11.8 Å². The largest absolute Gasteiger partial charge is 0.493 e. The van der Waals surface area contributed by atoms with Crippen molar-refractivity contribution in [2.45, 2.75) is 65.9 Å². The Morgan fingerprint density at radius 2 is 1.80 bits per heavy atom. The lowest BCUT2D eigenvalue weighted by molar-refractivity contribution is -0.141. The highest BCUT2D eigenvalue weighted by Gasteiger charge is 2.28. The van der Waals surface area contributed by atoms with Gasteiger partial charge in [0.15, 0.2) is 0 Å². The molecule has 5 nitrogen and oxygen atoms in total. The first-order chi connectivity index (χ1) is 19.5. The molecule has 6 heteroatoms. The minimum atomic E-state index is -0.222. The number of thioether (sulfide) groups is 1. The van der Waals surface area contributed by atoms with Crippen molar-refractivity contribution in [3.63, 3.8) is 0 Å². The third kappa shape index (κ3) is 6.60. The van der Waals surface area contributed by atoms with Gasteiger partial charge in [-0.1, -0.05) is 32.0 Å². The molecule has 0 spiro atoms. The SMILES string of the molecule is CC.COC(=O)CC1COc2cc(OCc3cc(-c4c(C)cc(OCCCSC)c5c4CC5)ccc3C)ccc21. The summed E-state index contributed by atoms with van der Waals surface area (Å²) < 4.78 is 23.0. The van der Waals surface area contributed by atoms with Crippen molar-refractivity contribution in [3.05, 3.63) is 75.8 Å². The number of ether oxygens (including phenoxy) is 4. The van der Waals surface area contributed by atoms with Crippen molar-refractivity contribution in [3.8, 4) is 28.4 Å². The zero-order chi connectivity index (χ0) is 28.6. The normalized spacial score (nSPS) is 14.6. The molecule has 3 aromatic carbocycles. The number of rotatable bonds is 11. The highest BCUT2D eigenvalue weighted by Crippen LogP contribution is 2.43. The van der Waals surface area contributed by atoms with E-state index in [2.05, 4.69) is 44.4 Å². The van der Waals surface area contributed by atoms with Crippen LogP contribution in [0.2, 0.25) is 0 Å². The predicted octanol–water partition coefficient (Wildman–Crippen LogP) is 7.85. The van der Waals surface area contributed by atoms with Crippen LogP contribution in [0, 0.1) is 13.8 Å². The van der Waals surface area contributed by atoms with Crippen LogP contribution in [0.4, 0.5) is 0 Å². The number of esters is 1.